The van der Waals surface area contributed by atoms with Crippen LogP contribution in [0, 0.1) is 6.92 Å². The topological polar surface area (TPSA) is 77.6 Å². The number of aromatic nitrogens is 5. The second kappa shape index (κ2) is 9.34. The molecule has 176 valence electrons. The van der Waals surface area contributed by atoms with E-state index in [1.54, 1.807) is 33.8 Å². The van der Waals surface area contributed by atoms with Gasteiger partial charge in [-0.1, -0.05) is 59.1 Å². The number of pyridine rings is 1. The van der Waals surface area contributed by atoms with Gasteiger partial charge in [-0.15, -0.1) is 0 Å². The van der Waals surface area contributed by atoms with Crippen molar-refractivity contribution in [1.29, 1.82) is 0 Å². The predicted molar refractivity (Wildman–Crippen MR) is 139 cm³/mol. The van der Waals surface area contributed by atoms with Crippen LogP contribution in [0.4, 0.5) is 5.82 Å². The highest BCUT2D eigenvalue weighted by molar-refractivity contribution is 6.42. The SMILES string of the molecule is Cc1nn(C)cc1-c1cc(C(=O)Nc2nn(Cc3ccc(Cl)c(Cl)c3)cc2Cl)c2ccccc2n1. The van der Waals surface area contributed by atoms with E-state index in [1.165, 1.54) is 0 Å². The first-order valence-corrected chi connectivity index (χ1v) is 11.8. The van der Waals surface area contributed by atoms with Crippen molar-refractivity contribution in [3.05, 3.63) is 92.8 Å². The number of halogens is 3. The van der Waals surface area contributed by atoms with Gasteiger partial charge in [0, 0.05) is 30.4 Å². The zero-order chi connectivity index (χ0) is 24.7. The zero-order valence-electron chi connectivity index (χ0n) is 18.8. The fourth-order valence-electron chi connectivity index (χ4n) is 3.91. The minimum absolute atomic E-state index is 0.261. The smallest absolute Gasteiger partial charge is 0.257 e. The molecular formula is C25H19Cl3N6O. The molecule has 2 aromatic carbocycles. The Morgan fingerprint density at radius 2 is 1.77 bits per heavy atom. The van der Waals surface area contributed by atoms with Crippen LogP contribution >= 0.6 is 34.8 Å². The summed E-state index contributed by atoms with van der Waals surface area (Å²) in [6.07, 6.45) is 3.53. The number of hydrogen-bond acceptors (Lipinski definition) is 4. The molecule has 0 aliphatic heterocycles. The molecule has 0 atom stereocenters. The molecule has 0 unspecified atom stereocenters. The number of nitrogens with zero attached hydrogens (tertiary/aromatic N) is 5. The molecule has 0 fully saturated rings. The van der Waals surface area contributed by atoms with Crippen molar-refractivity contribution < 1.29 is 4.79 Å². The van der Waals surface area contributed by atoms with Crippen molar-refractivity contribution in [2.24, 2.45) is 7.05 Å². The zero-order valence-corrected chi connectivity index (χ0v) is 21.0. The summed E-state index contributed by atoms with van der Waals surface area (Å²) in [7, 11) is 1.85. The summed E-state index contributed by atoms with van der Waals surface area (Å²) >= 11 is 18.5. The van der Waals surface area contributed by atoms with E-state index in [-0.39, 0.29) is 11.7 Å². The van der Waals surface area contributed by atoms with Gasteiger partial charge in [-0.25, -0.2) is 4.98 Å². The van der Waals surface area contributed by atoms with Gasteiger partial charge in [0.1, 0.15) is 5.02 Å². The Hall–Kier alpha value is -3.39. The van der Waals surface area contributed by atoms with Gasteiger partial charge in [0.2, 0.25) is 0 Å². The molecule has 0 bridgehead atoms. The molecule has 10 heteroatoms. The van der Waals surface area contributed by atoms with Crippen LogP contribution in [-0.4, -0.2) is 30.5 Å². The lowest BCUT2D eigenvalue weighted by molar-refractivity contribution is 0.102. The van der Waals surface area contributed by atoms with Gasteiger partial charge < -0.3 is 5.32 Å². The number of benzene rings is 2. The van der Waals surface area contributed by atoms with Gasteiger partial charge in [0.05, 0.1) is 39.1 Å². The summed E-state index contributed by atoms with van der Waals surface area (Å²) in [6.45, 7) is 2.32. The number of carbonyl (C=O) groups is 1. The Bertz CT molecular complexity index is 1590. The third-order valence-corrected chi connectivity index (χ3v) is 6.54. The molecule has 0 spiro atoms. The van der Waals surface area contributed by atoms with Crippen molar-refractivity contribution in [2.45, 2.75) is 13.5 Å². The molecule has 0 aliphatic rings. The molecular weight excluding hydrogens is 507 g/mol. The molecule has 35 heavy (non-hydrogen) atoms. The molecule has 5 aromatic rings. The van der Waals surface area contributed by atoms with Crippen LogP contribution < -0.4 is 5.32 Å². The molecule has 3 heterocycles. The number of amides is 1. The predicted octanol–water partition coefficient (Wildman–Crippen LogP) is 6.40. The number of anilines is 1. The quantitative estimate of drug-likeness (QED) is 0.288. The molecule has 0 radical (unpaired) electrons. The normalized spacial score (nSPS) is 11.2. The summed E-state index contributed by atoms with van der Waals surface area (Å²) in [5, 5.41) is 13.7. The lowest BCUT2D eigenvalue weighted by Gasteiger charge is -2.09. The van der Waals surface area contributed by atoms with E-state index in [0.29, 0.717) is 38.4 Å². The van der Waals surface area contributed by atoms with Gasteiger partial charge in [-0.2, -0.15) is 10.2 Å². The second-order valence-electron chi connectivity index (χ2n) is 8.10. The largest absolute Gasteiger partial charge is 0.304 e. The molecule has 5 rings (SSSR count). The van der Waals surface area contributed by atoms with Crippen LogP contribution in [0.2, 0.25) is 15.1 Å². The summed E-state index contributed by atoms with van der Waals surface area (Å²) in [5.74, 6) is -0.0789. The van der Waals surface area contributed by atoms with Gasteiger partial charge in [-0.05, 0) is 36.8 Å². The van der Waals surface area contributed by atoms with Crippen LogP contribution in [0.1, 0.15) is 21.6 Å². The highest BCUT2D eigenvalue weighted by Crippen LogP contribution is 2.28. The molecule has 0 saturated carbocycles. The van der Waals surface area contributed by atoms with E-state index >= 15 is 0 Å². The minimum atomic E-state index is -0.340. The maximum absolute atomic E-state index is 13.4. The third-order valence-electron chi connectivity index (χ3n) is 5.53. The Morgan fingerprint density at radius 1 is 0.971 bits per heavy atom. The van der Waals surface area contributed by atoms with Crippen molar-refractivity contribution in [3.63, 3.8) is 0 Å². The average molecular weight is 526 g/mol. The van der Waals surface area contributed by atoms with Gasteiger partial charge >= 0.3 is 0 Å². The number of carbonyl (C=O) groups excluding carboxylic acids is 1. The first-order chi connectivity index (χ1) is 16.8. The van der Waals surface area contributed by atoms with E-state index in [2.05, 4.69) is 15.5 Å². The van der Waals surface area contributed by atoms with Crippen LogP contribution in [0.15, 0.2) is 60.9 Å². The van der Waals surface area contributed by atoms with E-state index < -0.39 is 0 Å². The van der Waals surface area contributed by atoms with E-state index in [1.807, 2.05) is 50.5 Å². The molecule has 0 aliphatic carbocycles. The van der Waals surface area contributed by atoms with Crippen LogP contribution in [0.5, 0.6) is 0 Å². The Kier molecular flexibility index (Phi) is 6.23. The maximum atomic E-state index is 13.4. The molecule has 1 N–H and O–H groups in total. The number of hydrogen-bond donors (Lipinski definition) is 1. The lowest BCUT2D eigenvalue weighted by Crippen LogP contribution is -2.14. The van der Waals surface area contributed by atoms with Crippen LogP contribution in [0.25, 0.3) is 22.2 Å². The van der Waals surface area contributed by atoms with E-state index in [4.69, 9.17) is 39.8 Å². The lowest BCUT2D eigenvalue weighted by atomic mass is 10.0. The number of nitrogens with one attached hydrogen (secondary N) is 1. The highest BCUT2D eigenvalue weighted by Gasteiger charge is 2.18. The first-order valence-electron chi connectivity index (χ1n) is 10.7. The maximum Gasteiger partial charge on any atom is 0.257 e. The van der Waals surface area contributed by atoms with Crippen LogP contribution in [-0.2, 0) is 13.6 Å². The second-order valence-corrected chi connectivity index (χ2v) is 9.32. The van der Waals surface area contributed by atoms with Crippen LogP contribution in [0.3, 0.4) is 0 Å². The molecule has 1 amide bonds. The summed E-state index contributed by atoms with van der Waals surface area (Å²) in [6, 6.07) is 14.6. The van der Waals surface area contributed by atoms with E-state index in [9.17, 15) is 4.79 Å². The summed E-state index contributed by atoms with van der Waals surface area (Å²) < 4.78 is 3.36. The average Bonchev–Trinajstić information content (AvgIpc) is 3.35. The monoisotopic (exact) mass is 524 g/mol. The minimum Gasteiger partial charge on any atom is -0.304 e. The third kappa shape index (κ3) is 4.75. The standard InChI is InChI=1S/C25H19Cl3N6O/c1-14-18(12-33(2)31-14)23-10-17(16-5-3-4-6-22(16)29-23)25(35)30-24-21(28)13-34(32-24)11-15-7-8-19(26)20(27)9-15/h3-10,12-13H,11H2,1-2H3,(H,30,32,35). The summed E-state index contributed by atoms with van der Waals surface area (Å²) in [5.41, 5.74) is 4.41. The van der Waals surface area contributed by atoms with Crippen molar-refractivity contribution in [3.8, 4) is 11.3 Å². The number of fused-ring (bicyclic) bond motifs is 1. The highest BCUT2D eigenvalue weighted by atomic mass is 35.5. The fraction of sp³-hybridized carbons (Fsp3) is 0.120. The van der Waals surface area contributed by atoms with Gasteiger partial charge in [0.25, 0.3) is 5.91 Å². The number of aryl methyl sites for hydroxylation is 2. The Morgan fingerprint density at radius 3 is 2.51 bits per heavy atom. The first kappa shape index (κ1) is 23.4. The van der Waals surface area contributed by atoms with Gasteiger partial charge in [-0.3, -0.25) is 14.2 Å². The molecule has 0 saturated heterocycles. The number of para-hydroxylation sites is 1. The van der Waals surface area contributed by atoms with Crippen molar-refractivity contribution in [2.75, 3.05) is 5.32 Å². The van der Waals surface area contributed by atoms with E-state index in [0.717, 1.165) is 22.2 Å². The fourth-order valence-corrected chi connectivity index (χ4v) is 4.43. The Balaban J connectivity index is 1.47. The van der Waals surface area contributed by atoms with Crippen molar-refractivity contribution >= 4 is 57.4 Å². The van der Waals surface area contributed by atoms with Crippen molar-refractivity contribution in [1.82, 2.24) is 24.5 Å². The Labute approximate surface area is 216 Å². The molecule has 3 aromatic heterocycles. The molecule has 7 nitrogen and oxygen atoms in total. The van der Waals surface area contributed by atoms with Gasteiger partial charge in [0.15, 0.2) is 5.82 Å². The number of rotatable bonds is 5. The summed E-state index contributed by atoms with van der Waals surface area (Å²) in [4.78, 5) is 18.2.